The van der Waals surface area contributed by atoms with Crippen LogP contribution in [0.2, 0.25) is 0 Å². The Bertz CT molecular complexity index is 993. The summed E-state index contributed by atoms with van der Waals surface area (Å²) < 4.78 is 0. The monoisotopic (exact) mass is 530 g/mol. The maximum absolute atomic E-state index is 10.5. The van der Waals surface area contributed by atoms with Gasteiger partial charge in [-0.1, -0.05) is 58.9 Å². The highest BCUT2D eigenvalue weighted by Gasteiger charge is 2.14. The van der Waals surface area contributed by atoms with Crippen LogP contribution >= 0.6 is 23.5 Å². The number of nitrogens with zero attached hydrogens (tertiary/aromatic N) is 4. The second kappa shape index (κ2) is 16.0. The topological polar surface area (TPSA) is 117 Å². The predicted octanol–water partition coefficient (Wildman–Crippen LogP) is 5.41. The van der Waals surface area contributed by atoms with Gasteiger partial charge in [-0.05, 0) is 65.0 Å². The quantitative estimate of drug-likeness (QED) is 0.331. The molecule has 2 rings (SSSR count). The van der Waals surface area contributed by atoms with Gasteiger partial charge in [0.15, 0.2) is 0 Å². The SMILES string of the molecule is CN(C)C(CSC(N)=O)CSC(N)=O.Cc1ccc(N=CN(C)C=Nc2ccc(C)cc2C)c(C)c1. The number of thioether (sulfide) groups is 2. The zero-order chi connectivity index (χ0) is 27.3. The van der Waals surface area contributed by atoms with Gasteiger partial charge in [0, 0.05) is 24.6 Å². The first kappa shape index (κ1) is 31.2. The van der Waals surface area contributed by atoms with Gasteiger partial charge in [-0.3, -0.25) is 9.59 Å². The van der Waals surface area contributed by atoms with Gasteiger partial charge in [-0.15, -0.1) is 0 Å². The van der Waals surface area contributed by atoms with Crippen molar-refractivity contribution in [3.63, 3.8) is 0 Å². The normalized spacial score (nSPS) is 11.2. The first-order chi connectivity index (χ1) is 16.9. The Labute approximate surface area is 223 Å². The van der Waals surface area contributed by atoms with Gasteiger partial charge in [0.25, 0.3) is 10.5 Å². The molecule has 0 heterocycles. The fraction of sp³-hybridized carbons (Fsp3) is 0.385. The lowest BCUT2D eigenvalue weighted by Gasteiger charge is -2.22. The molecule has 0 aromatic heterocycles. The van der Waals surface area contributed by atoms with E-state index >= 15 is 0 Å². The van der Waals surface area contributed by atoms with Crippen molar-refractivity contribution in [2.45, 2.75) is 33.7 Å². The molecule has 196 valence electrons. The fourth-order valence-corrected chi connectivity index (χ4v) is 4.63. The number of hydrogen-bond acceptors (Lipinski definition) is 7. The Morgan fingerprint density at radius 3 is 1.50 bits per heavy atom. The predicted molar refractivity (Wildman–Crippen MR) is 157 cm³/mol. The fourth-order valence-electron chi connectivity index (χ4n) is 2.94. The van der Waals surface area contributed by atoms with E-state index in [0.29, 0.717) is 11.5 Å². The van der Waals surface area contributed by atoms with Gasteiger partial charge in [0.05, 0.1) is 24.1 Å². The molecule has 36 heavy (non-hydrogen) atoms. The molecular weight excluding hydrogens is 492 g/mol. The van der Waals surface area contributed by atoms with Crippen LogP contribution in [0.4, 0.5) is 21.0 Å². The molecule has 0 aliphatic heterocycles. The van der Waals surface area contributed by atoms with Crippen LogP contribution in [0.5, 0.6) is 0 Å². The van der Waals surface area contributed by atoms with E-state index in [1.54, 1.807) is 12.7 Å². The van der Waals surface area contributed by atoms with Crippen molar-refractivity contribution in [1.82, 2.24) is 9.80 Å². The zero-order valence-electron chi connectivity index (χ0n) is 22.2. The third kappa shape index (κ3) is 12.8. The molecule has 0 unspecified atom stereocenters. The Balaban J connectivity index is 0.000000402. The Kier molecular flexibility index (Phi) is 13.9. The molecule has 10 heteroatoms. The number of amides is 2. The number of aliphatic imine (C=N–C) groups is 2. The summed E-state index contributed by atoms with van der Waals surface area (Å²) in [5.41, 5.74) is 16.8. The van der Waals surface area contributed by atoms with Crippen molar-refractivity contribution in [3.8, 4) is 0 Å². The van der Waals surface area contributed by atoms with Gasteiger partial charge in [0.1, 0.15) is 0 Å². The summed E-state index contributed by atoms with van der Waals surface area (Å²) in [7, 11) is 5.70. The van der Waals surface area contributed by atoms with Crippen molar-refractivity contribution < 1.29 is 9.59 Å². The first-order valence-corrected chi connectivity index (χ1v) is 13.3. The second-order valence-electron chi connectivity index (χ2n) is 8.61. The van der Waals surface area contributed by atoms with E-state index in [0.717, 1.165) is 34.9 Å². The molecule has 0 saturated carbocycles. The van der Waals surface area contributed by atoms with Crippen molar-refractivity contribution in [1.29, 1.82) is 0 Å². The minimum absolute atomic E-state index is 0.116. The largest absolute Gasteiger partial charge is 0.361 e. The molecule has 0 spiro atoms. The van der Waals surface area contributed by atoms with Gasteiger partial charge < -0.3 is 21.3 Å². The highest BCUT2D eigenvalue weighted by atomic mass is 32.2. The van der Waals surface area contributed by atoms with Crippen molar-refractivity contribution in [2.75, 3.05) is 32.6 Å². The Hall–Kier alpha value is -2.82. The third-order valence-electron chi connectivity index (χ3n) is 5.03. The molecule has 0 atom stereocenters. The van der Waals surface area contributed by atoms with Gasteiger partial charge >= 0.3 is 0 Å². The number of rotatable bonds is 9. The maximum Gasteiger partial charge on any atom is 0.276 e. The van der Waals surface area contributed by atoms with E-state index in [2.05, 4.69) is 61.9 Å². The van der Waals surface area contributed by atoms with E-state index in [1.165, 1.54) is 22.3 Å². The summed E-state index contributed by atoms with van der Waals surface area (Å²) in [4.78, 5) is 33.9. The highest BCUT2D eigenvalue weighted by molar-refractivity contribution is 8.14. The molecule has 0 fully saturated rings. The summed E-state index contributed by atoms with van der Waals surface area (Å²) in [6, 6.07) is 12.6. The molecule has 8 nitrogen and oxygen atoms in total. The molecule has 0 radical (unpaired) electrons. The summed E-state index contributed by atoms with van der Waals surface area (Å²) in [6.07, 6.45) is 3.56. The van der Waals surface area contributed by atoms with Gasteiger partial charge in [0.2, 0.25) is 0 Å². The summed E-state index contributed by atoms with van der Waals surface area (Å²) in [5, 5.41) is -0.804. The molecule has 0 bridgehead atoms. The average Bonchev–Trinajstić information content (AvgIpc) is 2.77. The van der Waals surface area contributed by atoms with Crippen LogP contribution in [0.1, 0.15) is 22.3 Å². The lowest BCUT2D eigenvalue weighted by Crippen LogP contribution is -2.34. The standard InChI is InChI=1S/C19H23N3.C7H15N3O2S2/c1-14-6-8-18(16(3)10-14)20-12-22(5)13-21-19-9-7-15(2)11-17(19)4;1-10(2)5(3-13-6(8)11)4-14-7(9)12/h6-13H,1-5H3;5H,3-4H2,1-2H3,(H2,8,11)(H2,9,12). The van der Waals surface area contributed by atoms with Crippen LogP contribution in [0.25, 0.3) is 0 Å². The maximum atomic E-state index is 10.5. The molecule has 0 saturated heterocycles. The zero-order valence-corrected chi connectivity index (χ0v) is 23.8. The van der Waals surface area contributed by atoms with Crippen LogP contribution in [0.15, 0.2) is 46.4 Å². The molecule has 2 amide bonds. The minimum Gasteiger partial charge on any atom is -0.361 e. The molecule has 2 aromatic rings. The van der Waals surface area contributed by atoms with E-state index in [-0.39, 0.29) is 6.04 Å². The van der Waals surface area contributed by atoms with Crippen LogP contribution in [-0.2, 0) is 0 Å². The lowest BCUT2D eigenvalue weighted by atomic mass is 10.1. The van der Waals surface area contributed by atoms with Crippen LogP contribution < -0.4 is 11.5 Å². The van der Waals surface area contributed by atoms with Crippen molar-refractivity contribution >= 4 is 58.1 Å². The smallest absolute Gasteiger partial charge is 0.276 e. The van der Waals surface area contributed by atoms with E-state index < -0.39 is 10.5 Å². The number of aryl methyl sites for hydroxylation is 4. The number of nitrogens with two attached hydrogens (primary N) is 2. The minimum atomic E-state index is -0.402. The van der Waals surface area contributed by atoms with Crippen LogP contribution in [-0.4, -0.2) is 71.6 Å². The molecule has 2 aromatic carbocycles. The lowest BCUT2D eigenvalue weighted by molar-refractivity contribution is 0.266. The summed E-state index contributed by atoms with van der Waals surface area (Å²) in [6.45, 7) is 8.32. The molecule has 0 aliphatic carbocycles. The third-order valence-corrected chi connectivity index (χ3v) is 6.70. The van der Waals surface area contributed by atoms with Crippen molar-refractivity contribution in [2.24, 2.45) is 21.5 Å². The van der Waals surface area contributed by atoms with Gasteiger partial charge in [-0.25, -0.2) is 9.98 Å². The number of carbonyl (C=O) groups is 2. The molecule has 0 aliphatic rings. The Morgan fingerprint density at radius 1 is 0.806 bits per heavy atom. The number of benzene rings is 2. The van der Waals surface area contributed by atoms with Gasteiger partial charge in [-0.2, -0.15) is 0 Å². The second-order valence-corrected chi connectivity index (χ2v) is 10.7. The van der Waals surface area contributed by atoms with E-state index in [1.807, 2.05) is 43.1 Å². The number of carbonyl (C=O) groups excluding carboxylic acids is 2. The van der Waals surface area contributed by atoms with Crippen molar-refractivity contribution in [3.05, 3.63) is 58.7 Å². The molecule has 4 N–H and O–H groups in total. The Morgan fingerprint density at radius 2 is 1.19 bits per heavy atom. The van der Waals surface area contributed by atoms with Crippen LogP contribution in [0, 0.1) is 27.7 Å². The van der Waals surface area contributed by atoms with Crippen LogP contribution in [0.3, 0.4) is 0 Å². The summed E-state index contributed by atoms with van der Waals surface area (Å²) in [5.74, 6) is 1.14. The number of primary amides is 2. The highest BCUT2D eigenvalue weighted by Crippen LogP contribution is 2.20. The first-order valence-electron chi connectivity index (χ1n) is 11.3. The molecular formula is C26H38N6O2S2. The van der Waals surface area contributed by atoms with E-state index in [9.17, 15) is 9.59 Å². The number of hydrogen-bond donors (Lipinski definition) is 2. The average molecular weight is 531 g/mol. The summed E-state index contributed by atoms with van der Waals surface area (Å²) >= 11 is 2.10. The van der Waals surface area contributed by atoms with E-state index in [4.69, 9.17) is 11.5 Å².